The highest BCUT2D eigenvalue weighted by atomic mass is 16.3. The lowest BCUT2D eigenvalue weighted by Gasteiger charge is -2.50. The van der Waals surface area contributed by atoms with E-state index in [0.29, 0.717) is 18.4 Å². The van der Waals surface area contributed by atoms with E-state index in [2.05, 4.69) is 13.5 Å². The van der Waals surface area contributed by atoms with Crippen LogP contribution in [0.2, 0.25) is 0 Å². The number of carbonyl (C=O) groups is 2. The van der Waals surface area contributed by atoms with Crippen LogP contribution >= 0.6 is 0 Å². The second-order valence-electron chi connectivity index (χ2n) is 8.00. The van der Waals surface area contributed by atoms with Crippen molar-refractivity contribution in [2.45, 2.75) is 65.1 Å². The zero-order valence-electron chi connectivity index (χ0n) is 15.0. The van der Waals surface area contributed by atoms with E-state index in [1.54, 1.807) is 13.0 Å². The molecular weight excluding hydrogens is 304 g/mol. The van der Waals surface area contributed by atoms with Crippen LogP contribution in [0.1, 0.15) is 52.9 Å². The number of aliphatic hydroxyl groups is 2. The van der Waals surface area contributed by atoms with Gasteiger partial charge in [-0.1, -0.05) is 32.1 Å². The van der Waals surface area contributed by atoms with E-state index >= 15 is 0 Å². The molecule has 2 aliphatic carbocycles. The summed E-state index contributed by atoms with van der Waals surface area (Å²) in [6, 6.07) is 0. The highest BCUT2D eigenvalue weighted by molar-refractivity contribution is 5.86. The third kappa shape index (κ3) is 2.70. The summed E-state index contributed by atoms with van der Waals surface area (Å²) in [5, 5.41) is 20.6. The van der Waals surface area contributed by atoms with Crippen molar-refractivity contribution in [3.8, 4) is 0 Å². The highest BCUT2D eigenvalue weighted by Crippen LogP contribution is 2.64. The van der Waals surface area contributed by atoms with Crippen LogP contribution in [0, 0.1) is 22.7 Å². The minimum absolute atomic E-state index is 0.00345. The Morgan fingerprint density at radius 2 is 2.12 bits per heavy atom. The minimum atomic E-state index is -0.917. The first-order valence-electron chi connectivity index (χ1n) is 8.88. The van der Waals surface area contributed by atoms with Gasteiger partial charge in [-0.05, 0) is 50.9 Å². The summed E-state index contributed by atoms with van der Waals surface area (Å²) in [5.74, 6) is 0.170. The summed E-state index contributed by atoms with van der Waals surface area (Å²) in [4.78, 5) is 23.9. The van der Waals surface area contributed by atoms with Crippen molar-refractivity contribution in [2.75, 3.05) is 0 Å². The van der Waals surface area contributed by atoms with Gasteiger partial charge in [0.2, 0.25) is 0 Å². The normalized spacial score (nSPS) is 38.0. The van der Waals surface area contributed by atoms with Crippen LogP contribution in [0.25, 0.3) is 0 Å². The Labute approximate surface area is 144 Å². The molecule has 24 heavy (non-hydrogen) atoms. The predicted molar refractivity (Wildman–Crippen MR) is 93.3 cm³/mol. The first-order chi connectivity index (χ1) is 11.2. The van der Waals surface area contributed by atoms with Crippen LogP contribution in [0.3, 0.4) is 0 Å². The molecule has 1 fully saturated rings. The zero-order valence-corrected chi connectivity index (χ0v) is 15.0. The third-order valence-corrected chi connectivity index (χ3v) is 6.74. The minimum Gasteiger partial charge on any atom is -0.392 e. The van der Waals surface area contributed by atoms with E-state index in [1.165, 1.54) is 0 Å². The van der Waals surface area contributed by atoms with E-state index in [1.807, 2.05) is 6.92 Å². The maximum absolute atomic E-state index is 12.3. The Kier molecular flexibility index (Phi) is 5.50. The number of carbonyl (C=O) groups excluding carboxylic acids is 2. The van der Waals surface area contributed by atoms with Crippen molar-refractivity contribution in [3.05, 3.63) is 23.8 Å². The largest absolute Gasteiger partial charge is 0.392 e. The maximum Gasteiger partial charge on any atom is 0.146 e. The van der Waals surface area contributed by atoms with E-state index in [-0.39, 0.29) is 11.8 Å². The smallest absolute Gasteiger partial charge is 0.146 e. The lowest BCUT2D eigenvalue weighted by molar-refractivity contribution is -0.133. The molecule has 134 valence electrons. The van der Waals surface area contributed by atoms with Gasteiger partial charge in [-0.2, -0.15) is 0 Å². The van der Waals surface area contributed by atoms with Crippen molar-refractivity contribution in [2.24, 2.45) is 22.7 Å². The molecule has 0 aliphatic heterocycles. The monoisotopic (exact) mass is 334 g/mol. The lowest BCUT2D eigenvalue weighted by Crippen LogP contribution is -2.53. The van der Waals surface area contributed by atoms with Crippen molar-refractivity contribution < 1.29 is 19.8 Å². The van der Waals surface area contributed by atoms with Crippen molar-refractivity contribution in [1.29, 1.82) is 0 Å². The molecule has 2 rings (SSSR count). The molecule has 0 unspecified atom stereocenters. The molecule has 0 aromatic carbocycles. The van der Waals surface area contributed by atoms with Gasteiger partial charge < -0.3 is 15.0 Å². The summed E-state index contributed by atoms with van der Waals surface area (Å²) in [6.07, 6.45) is 5.63. The van der Waals surface area contributed by atoms with E-state index in [4.69, 9.17) is 0 Å². The van der Waals surface area contributed by atoms with Gasteiger partial charge in [0.15, 0.2) is 0 Å². The topological polar surface area (TPSA) is 74.6 Å². The van der Waals surface area contributed by atoms with Gasteiger partial charge in [0, 0.05) is 11.0 Å². The Morgan fingerprint density at radius 3 is 2.67 bits per heavy atom. The van der Waals surface area contributed by atoms with Crippen LogP contribution < -0.4 is 0 Å². The van der Waals surface area contributed by atoms with Crippen LogP contribution in [0.4, 0.5) is 0 Å². The van der Waals surface area contributed by atoms with Gasteiger partial charge in [-0.3, -0.25) is 4.79 Å². The summed E-state index contributed by atoms with van der Waals surface area (Å²) in [6.45, 7) is 9.60. The summed E-state index contributed by atoms with van der Waals surface area (Å²) in [7, 11) is 0. The van der Waals surface area contributed by atoms with Crippen molar-refractivity contribution >= 4 is 12.6 Å². The van der Waals surface area contributed by atoms with E-state index in [0.717, 1.165) is 37.4 Å². The number of hydrogen-bond acceptors (Lipinski definition) is 4. The van der Waals surface area contributed by atoms with Gasteiger partial charge in [0.1, 0.15) is 12.6 Å². The number of rotatable bonds is 7. The molecule has 4 nitrogen and oxygen atoms in total. The fourth-order valence-corrected chi connectivity index (χ4v) is 5.00. The molecule has 0 heterocycles. The number of aldehydes is 2. The molecule has 6 atom stereocenters. The van der Waals surface area contributed by atoms with Crippen molar-refractivity contribution in [3.63, 3.8) is 0 Å². The first kappa shape index (κ1) is 19.1. The Balaban J connectivity index is 2.32. The Bertz CT molecular complexity index is 552. The molecule has 2 N–H and O–H groups in total. The SMILES string of the molecule is C=C(C)[C@@H](O)CC[C@H](C)[C@H]1CC[C@]2(C)[C@@H](O)CC=C(C=O)[C@]12C=O. The lowest BCUT2D eigenvalue weighted by atomic mass is 9.53. The zero-order chi connectivity index (χ0) is 18.1. The molecule has 0 saturated heterocycles. The number of allylic oxidation sites excluding steroid dienone is 1. The van der Waals surface area contributed by atoms with Crippen LogP contribution in [-0.4, -0.2) is 35.0 Å². The molecule has 2 aliphatic rings. The number of fused-ring (bicyclic) bond motifs is 1. The summed E-state index contributed by atoms with van der Waals surface area (Å²) >= 11 is 0. The maximum atomic E-state index is 12.3. The van der Waals surface area contributed by atoms with Crippen LogP contribution in [0.5, 0.6) is 0 Å². The first-order valence-corrected chi connectivity index (χ1v) is 8.88. The molecule has 0 aromatic heterocycles. The third-order valence-electron chi connectivity index (χ3n) is 6.74. The fraction of sp³-hybridized carbons (Fsp3) is 0.700. The molecule has 0 radical (unpaired) electrons. The quantitative estimate of drug-likeness (QED) is 0.554. The van der Waals surface area contributed by atoms with E-state index < -0.39 is 23.0 Å². The fourth-order valence-electron chi connectivity index (χ4n) is 5.00. The van der Waals surface area contributed by atoms with Crippen LogP contribution in [0.15, 0.2) is 23.8 Å². The number of aliphatic hydroxyl groups excluding tert-OH is 2. The standard InChI is InChI=1S/C20H30O4/c1-13(2)17(23)7-5-14(3)16-9-10-19(4)18(24)8-6-15(11-21)20(16,19)12-22/h6,11-12,14,16-18,23-24H,1,5,7-10H2,2-4H3/t14-,16+,17-,18-,19+,20+/m0/s1. The second kappa shape index (κ2) is 6.93. The van der Waals surface area contributed by atoms with Gasteiger partial charge in [-0.25, -0.2) is 0 Å². The van der Waals surface area contributed by atoms with Gasteiger partial charge in [-0.15, -0.1) is 0 Å². The average molecular weight is 334 g/mol. The molecular formula is C20H30O4. The molecule has 1 saturated carbocycles. The summed E-state index contributed by atoms with van der Waals surface area (Å²) < 4.78 is 0. The van der Waals surface area contributed by atoms with Gasteiger partial charge in [0.05, 0.1) is 17.6 Å². The molecule has 4 heteroatoms. The average Bonchev–Trinajstić information content (AvgIpc) is 2.88. The van der Waals surface area contributed by atoms with Gasteiger partial charge >= 0.3 is 0 Å². The Morgan fingerprint density at radius 1 is 1.46 bits per heavy atom. The molecule has 0 spiro atoms. The van der Waals surface area contributed by atoms with Gasteiger partial charge in [0.25, 0.3) is 0 Å². The number of hydrogen-bond donors (Lipinski definition) is 2. The summed E-state index contributed by atoms with van der Waals surface area (Å²) in [5.41, 5.74) is -0.240. The van der Waals surface area contributed by atoms with Crippen LogP contribution in [-0.2, 0) is 9.59 Å². The second-order valence-corrected chi connectivity index (χ2v) is 8.00. The van der Waals surface area contributed by atoms with Crippen molar-refractivity contribution in [1.82, 2.24) is 0 Å². The van der Waals surface area contributed by atoms with E-state index in [9.17, 15) is 19.8 Å². The molecule has 0 aromatic rings. The Hall–Kier alpha value is -1.26. The molecule has 0 bridgehead atoms. The molecule has 0 amide bonds. The highest BCUT2D eigenvalue weighted by Gasteiger charge is 2.64. The predicted octanol–water partition coefficient (Wildman–Crippen LogP) is 2.83.